The zero-order chi connectivity index (χ0) is 16.6. The zero-order valence-electron chi connectivity index (χ0n) is 13.9. The monoisotopic (exact) mass is 317 g/mol. The molecule has 1 aromatic heterocycles. The van der Waals surface area contributed by atoms with Crippen LogP contribution >= 0.6 is 0 Å². The molecule has 4 nitrogen and oxygen atoms in total. The predicted molar refractivity (Wildman–Crippen MR) is 87.4 cm³/mol. The number of aliphatic hydroxyl groups excluding tert-OH is 1. The quantitative estimate of drug-likeness (QED) is 0.946. The molecule has 0 aliphatic carbocycles. The second-order valence-electron chi connectivity index (χ2n) is 7.35. The molecule has 124 valence electrons. The Hall–Kier alpha value is -1.72. The minimum Gasteiger partial charge on any atom is -0.392 e. The van der Waals surface area contributed by atoms with Gasteiger partial charge in [-0.15, -0.1) is 0 Å². The van der Waals surface area contributed by atoms with E-state index in [4.69, 9.17) is 0 Å². The standard InChI is InChI=1S/C18H24FN3O/c1-18(2,3)22-11-13(9-20-22)10-21-12-16(23)8-17(21)14-4-6-15(19)7-5-14/h4-7,9,11,16-17,23H,8,10,12H2,1-3H3. The first-order valence-corrected chi connectivity index (χ1v) is 8.04. The maximum Gasteiger partial charge on any atom is 0.123 e. The van der Waals surface area contributed by atoms with Crippen molar-refractivity contribution in [3.63, 3.8) is 0 Å². The molecule has 5 heteroatoms. The zero-order valence-corrected chi connectivity index (χ0v) is 13.9. The smallest absolute Gasteiger partial charge is 0.123 e. The number of hydrogen-bond acceptors (Lipinski definition) is 3. The van der Waals surface area contributed by atoms with Gasteiger partial charge in [0.2, 0.25) is 0 Å². The van der Waals surface area contributed by atoms with Crippen molar-refractivity contribution in [1.82, 2.24) is 14.7 Å². The Morgan fingerprint density at radius 3 is 2.57 bits per heavy atom. The van der Waals surface area contributed by atoms with E-state index in [1.165, 1.54) is 12.1 Å². The second kappa shape index (κ2) is 6.06. The molecule has 0 bridgehead atoms. The van der Waals surface area contributed by atoms with Gasteiger partial charge in [0.05, 0.1) is 17.8 Å². The Bertz CT molecular complexity index is 660. The maximum atomic E-state index is 13.1. The van der Waals surface area contributed by atoms with Crippen molar-refractivity contribution < 1.29 is 9.50 Å². The number of hydrogen-bond donors (Lipinski definition) is 1. The Morgan fingerprint density at radius 2 is 1.96 bits per heavy atom. The van der Waals surface area contributed by atoms with E-state index in [1.807, 2.05) is 23.0 Å². The molecule has 1 saturated heterocycles. The first-order valence-electron chi connectivity index (χ1n) is 8.04. The maximum absolute atomic E-state index is 13.1. The third-order valence-electron chi connectivity index (χ3n) is 4.35. The SMILES string of the molecule is CC(C)(C)n1cc(CN2CC(O)CC2c2ccc(F)cc2)cn1. The van der Waals surface area contributed by atoms with E-state index in [0.717, 1.165) is 17.7 Å². The van der Waals surface area contributed by atoms with Crippen molar-refractivity contribution in [2.45, 2.75) is 51.4 Å². The minimum atomic E-state index is -0.345. The number of benzene rings is 1. The normalized spacial score (nSPS) is 22.7. The van der Waals surface area contributed by atoms with Crippen LogP contribution in [0.4, 0.5) is 4.39 Å². The summed E-state index contributed by atoms with van der Waals surface area (Å²) in [5.74, 6) is -0.231. The van der Waals surface area contributed by atoms with E-state index in [-0.39, 0.29) is 23.5 Å². The first-order chi connectivity index (χ1) is 10.8. The Morgan fingerprint density at radius 1 is 1.26 bits per heavy atom. The third kappa shape index (κ3) is 3.62. The topological polar surface area (TPSA) is 41.3 Å². The lowest BCUT2D eigenvalue weighted by Crippen LogP contribution is -2.24. The van der Waals surface area contributed by atoms with Gasteiger partial charge >= 0.3 is 0 Å². The van der Waals surface area contributed by atoms with Crippen molar-refractivity contribution in [3.8, 4) is 0 Å². The van der Waals surface area contributed by atoms with Crippen LogP contribution in [0.3, 0.4) is 0 Å². The van der Waals surface area contributed by atoms with Gasteiger partial charge in [-0.05, 0) is 44.9 Å². The molecule has 3 rings (SSSR count). The largest absolute Gasteiger partial charge is 0.392 e. The average molecular weight is 317 g/mol. The first kappa shape index (κ1) is 16.1. The average Bonchev–Trinajstić information content (AvgIpc) is 3.07. The van der Waals surface area contributed by atoms with Gasteiger partial charge in [0, 0.05) is 30.9 Å². The molecule has 0 amide bonds. The van der Waals surface area contributed by atoms with Crippen LogP contribution in [0.15, 0.2) is 36.7 Å². The molecule has 0 radical (unpaired) electrons. The lowest BCUT2D eigenvalue weighted by atomic mass is 10.0. The van der Waals surface area contributed by atoms with Crippen LogP contribution in [-0.4, -0.2) is 32.4 Å². The van der Waals surface area contributed by atoms with Crippen LogP contribution < -0.4 is 0 Å². The number of aliphatic hydroxyl groups is 1. The number of nitrogens with zero attached hydrogens (tertiary/aromatic N) is 3. The van der Waals surface area contributed by atoms with Gasteiger partial charge in [0.15, 0.2) is 0 Å². The Labute approximate surface area is 136 Å². The second-order valence-corrected chi connectivity index (χ2v) is 7.35. The van der Waals surface area contributed by atoms with Gasteiger partial charge in [-0.25, -0.2) is 4.39 Å². The summed E-state index contributed by atoms with van der Waals surface area (Å²) in [6, 6.07) is 6.70. The van der Waals surface area contributed by atoms with Crippen LogP contribution in [-0.2, 0) is 12.1 Å². The predicted octanol–water partition coefficient (Wildman–Crippen LogP) is 3.09. The van der Waals surface area contributed by atoms with Crippen LogP contribution in [0.1, 0.15) is 44.4 Å². The number of likely N-dealkylation sites (tertiary alicyclic amines) is 1. The summed E-state index contributed by atoms with van der Waals surface area (Å²) in [4.78, 5) is 2.24. The van der Waals surface area contributed by atoms with Gasteiger partial charge < -0.3 is 5.11 Å². The fourth-order valence-corrected chi connectivity index (χ4v) is 3.13. The minimum absolute atomic E-state index is 0.0425. The lowest BCUT2D eigenvalue weighted by Gasteiger charge is -2.24. The molecular formula is C18H24FN3O. The van der Waals surface area contributed by atoms with Gasteiger partial charge in [-0.2, -0.15) is 5.10 Å². The molecule has 2 atom stereocenters. The molecule has 0 spiro atoms. The number of halogens is 1. The number of aromatic nitrogens is 2. The molecule has 2 heterocycles. The van der Waals surface area contributed by atoms with Gasteiger partial charge in [-0.3, -0.25) is 9.58 Å². The molecule has 2 aromatic rings. The summed E-state index contributed by atoms with van der Waals surface area (Å²) in [6.45, 7) is 7.71. The fourth-order valence-electron chi connectivity index (χ4n) is 3.13. The van der Waals surface area contributed by atoms with E-state index in [1.54, 1.807) is 0 Å². The fraction of sp³-hybridized carbons (Fsp3) is 0.500. The van der Waals surface area contributed by atoms with Crippen LogP contribution in [0.25, 0.3) is 0 Å². The highest BCUT2D eigenvalue weighted by molar-refractivity contribution is 5.22. The Balaban J connectivity index is 1.77. The van der Waals surface area contributed by atoms with E-state index in [2.05, 4.69) is 37.0 Å². The van der Waals surface area contributed by atoms with Crippen LogP contribution in [0.2, 0.25) is 0 Å². The molecule has 0 saturated carbocycles. The summed E-state index contributed by atoms with van der Waals surface area (Å²) >= 11 is 0. The number of β-amino-alcohol motifs (C(OH)–C–C–N with tert-alkyl or cyclic N) is 1. The summed E-state index contributed by atoms with van der Waals surface area (Å²) in [6.07, 6.45) is 4.28. The molecule has 1 aromatic carbocycles. The molecule has 1 fully saturated rings. The van der Waals surface area contributed by atoms with Crippen molar-refractivity contribution >= 4 is 0 Å². The summed E-state index contributed by atoms with van der Waals surface area (Å²) < 4.78 is 15.1. The lowest BCUT2D eigenvalue weighted by molar-refractivity contribution is 0.172. The molecule has 2 unspecified atom stereocenters. The van der Waals surface area contributed by atoms with E-state index in [0.29, 0.717) is 13.0 Å². The molecular weight excluding hydrogens is 293 g/mol. The molecule has 1 aliphatic heterocycles. The molecule has 1 aliphatic rings. The third-order valence-corrected chi connectivity index (χ3v) is 4.35. The molecule has 1 N–H and O–H groups in total. The van der Waals surface area contributed by atoms with Crippen LogP contribution in [0, 0.1) is 5.82 Å². The highest BCUT2D eigenvalue weighted by Gasteiger charge is 2.32. The number of rotatable bonds is 3. The summed E-state index contributed by atoms with van der Waals surface area (Å²) in [7, 11) is 0. The van der Waals surface area contributed by atoms with Gasteiger partial charge in [0.25, 0.3) is 0 Å². The van der Waals surface area contributed by atoms with Crippen molar-refractivity contribution in [3.05, 3.63) is 53.6 Å². The summed E-state index contributed by atoms with van der Waals surface area (Å²) in [5, 5.41) is 14.5. The van der Waals surface area contributed by atoms with Gasteiger partial charge in [0.1, 0.15) is 5.82 Å². The van der Waals surface area contributed by atoms with Crippen molar-refractivity contribution in [2.24, 2.45) is 0 Å². The van der Waals surface area contributed by atoms with Crippen molar-refractivity contribution in [2.75, 3.05) is 6.54 Å². The highest BCUT2D eigenvalue weighted by atomic mass is 19.1. The van der Waals surface area contributed by atoms with E-state index in [9.17, 15) is 9.50 Å². The molecule has 23 heavy (non-hydrogen) atoms. The van der Waals surface area contributed by atoms with Gasteiger partial charge in [-0.1, -0.05) is 12.1 Å². The van der Waals surface area contributed by atoms with E-state index >= 15 is 0 Å². The summed E-state index contributed by atoms with van der Waals surface area (Å²) in [5.41, 5.74) is 2.13. The van der Waals surface area contributed by atoms with Crippen LogP contribution in [0.5, 0.6) is 0 Å². The van der Waals surface area contributed by atoms with E-state index < -0.39 is 0 Å². The van der Waals surface area contributed by atoms with Crippen molar-refractivity contribution in [1.29, 1.82) is 0 Å². The Kier molecular flexibility index (Phi) is 4.25. The highest BCUT2D eigenvalue weighted by Crippen LogP contribution is 2.33.